The zero-order chi connectivity index (χ0) is 28.4. The van der Waals surface area contributed by atoms with Crippen LogP contribution in [0.5, 0.6) is 0 Å². The molecule has 0 spiro atoms. The highest BCUT2D eigenvalue weighted by molar-refractivity contribution is 7.47. The molecule has 0 radical (unpaired) electrons. The standard InChI is InChI=1S/C32H64NO5P/c1-3-5-6-7-8-9-10-11-12-13-14-15-16-17-18-19-20-24-31(29-32(34)4-2)30-38-39(35,36)37-28-23-27-33-25-21-22-26-33/h31H,3-30H2,1-2H3,(H,35,36)/p+1. The molecule has 1 aliphatic heterocycles. The van der Waals surface area contributed by atoms with Crippen LogP contribution in [-0.2, 0) is 18.4 Å². The van der Waals surface area contributed by atoms with Gasteiger partial charge in [-0.25, -0.2) is 4.57 Å². The van der Waals surface area contributed by atoms with Gasteiger partial charge in [-0.2, -0.15) is 0 Å². The SMILES string of the molecule is CCCCCCCCCCCCCCCCCCCC(COP(=O)(O)OCCC[NH+]1CCCC1)CC(=O)CC. The Bertz CT molecular complexity index is 611. The number of ketones is 1. The number of quaternary nitrogens is 1. The highest BCUT2D eigenvalue weighted by atomic mass is 31.2. The van der Waals surface area contributed by atoms with E-state index >= 15 is 0 Å². The summed E-state index contributed by atoms with van der Waals surface area (Å²) in [5, 5.41) is 0. The van der Waals surface area contributed by atoms with Crippen LogP contribution in [0.15, 0.2) is 0 Å². The van der Waals surface area contributed by atoms with E-state index in [0.717, 1.165) is 32.2 Å². The average molecular weight is 575 g/mol. The first-order chi connectivity index (χ1) is 19.0. The van der Waals surface area contributed by atoms with Gasteiger partial charge in [-0.05, 0) is 12.3 Å². The molecule has 2 unspecified atom stereocenters. The van der Waals surface area contributed by atoms with E-state index in [1.54, 1.807) is 4.90 Å². The Morgan fingerprint density at radius 3 is 1.72 bits per heavy atom. The minimum Gasteiger partial charge on any atom is -0.335 e. The first kappa shape index (κ1) is 36.8. The minimum atomic E-state index is -4.06. The fraction of sp³-hybridized carbons (Fsp3) is 0.969. The smallest absolute Gasteiger partial charge is 0.335 e. The number of unbranched alkanes of at least 4 members (excludes halogenated alkanes) is 16. The second kappa shape index (κ2) is 25.5. The number of likely N-dealkylation sites (tertiary alicyclic amines) is 1. The molecule has 0 saturated carbocycles. The van der Waals surface area contributed by atoms with Crippen LogP contribution in [0, 0.1) is 5.92 Å². The third-order valence-corrected chi connectivity index (χ3v) is 9.32. The van der Waals surface area contributed by atoms with Gasteiger partial charge in [-0.1, -0.05) is 123 Å². The summed E-state index contributed by atoms with van der Waals surface area (Å²) in [5.41, 5.74) is 0. The molecule has 1 rings (SSSR count). The minimum absolute atomic E-state index is 0.00749. The van der Waals surface area contributed by atoms with E-state index in [4.69, 9.17) is 9.05 Å². The zero-order valence-electron chi connectivity index (χ0n) is 25.9. The molecule has 1 aliphatic rings. The number of phosphoric acid groups is 1. The number of Topliss-reactive ketones (excluding diaryl/α,β-unsaturated/α-hetero) is 1. The summed E-state index contributed by atoms with van der Waals surface area (Å²) in [4.78, 5) is 23.7. The first-order valence-corrected chi connectivity index (χ1v) is 18.4. The van der Waals surface area contributed by atoms with Crippen LogP contribution in [0.3, 0.4) is 0 Å². The number of carbonyl (C=O) groups is 1. The fourth-order valence-corrected chi connectivity index (χ4v) is 6.57. The molecular formula is C32H65NO5P+. The maximum Gasteiger partial charge on any atom is 0.472 e. The van der Waals surface area contributed by atoms with Crippen molar-refractivity contribution in [3.63, 3.8) is 0 Å². The Morgan fingerprint density at radius 2 is 1.23 bits per heavy atom. The van der Waals surface area contributed by atoms with Gasteiger partial charge in [0.05, 0.1) is 32.8 Å². The number of rotatable bonds is 29. The average Bonchev–Trinajstić information content (AvgIpc) is 3.45. The van der Waals surface area contributed by atoms with Crippen molar-refractivity contribution in [2.45, 2.75) is 162 Å². The van der Waals surface area contributed by atoms with Gasteiger partial charge < -0.3 is 9.79 Å². The highest BCUT2D eigenvalue weighted by Gasteiger charge is 2.24. The molecule has 0 amide bonds. The molecular weight excluding hydrogens is 509 g/mol. The van der Waals surface area contributed by atoms with Crippen LogP contribution in [0.4, 0.5) is 0 Å². The molecule has 0 aromatic carbocycles. The lowest BCUT2D eigenvalue weighted by molar-refractivity contribution is -0.887. The molecule has 0 aromatic heterocycles. The van der Waals surface area contributed by atoms with E-state index in [2.05, 4.69) is 6.92 Å². The molecule has 232 valence electrons. The second-order valence-electron chi connectivity index (χ2n) is 12.1. The van der Waals surface area contributed by atoms with E-state index in [0.29, 0.717) is 12.8 Å². The van der Waals surface area contributed by atoms with Crippen molar-refractivity contribution >= 4 is 13.6 Å². The molecule has 2 atom stereocenters. The third-order valence-electron chi connectivity index (χ3n) is 8.34. The summed E-state index contributed by atoms with van der Waals surface area (Å²) in [6, 6.07) is 0. The Kier molecular flexibility index (Phi) is 24.0. The zero-order valence-corrected chi connectivity index (χ0v) is 26.8. The summed E-state index contributed by atoms with van der Waals surface area (Å²) in [6.07, 6.45) is 27.9. The molecule has 6 nitrogen and oxygen atoms in total. The van der Waals surface area contributed by atoms with Crippen molar-refractivity contribution in [3.8, 4) is 0 Å². The molecule has 1 saturated heterocycles. The summed E-state index contributed by atoms with van der Waals surface area (Å²) in [6.45, 7) is 7.89. The van der Waals surface area contributed by atoms with Gasteiger partial charge in [0.25, 0.3) is 0 Å². The quantitative estimate of drug-likeness (QED) is 0.0695. The summed E-state index contributed by atoms with van der Waals surface area (Å²) in [7, 11) is -4.06. The molecule has 7 heteroatoms. The van der Waals surface area contributed by atoms with Crippen LogP contribution in [0.1, 0.15) is 162 Å². The number of hydrogen-bond donors (Lipinski definition) is 2. The molecule has 1 heterocycles. The normalized spacial score (nSPS) is 16.5. The molecule has 0 aromatic rings. The number of hydrogen-bond acceptors (Lipinski definition) is 4. The number of carbonyl (C=O) groups excluding carboxylic acids is 1. The van der Waals surface area contributed by atoms with Crippen LogP contribution in [0.25, 0.3) is 0 Å². The second-order valence-corrected chi connectivity index (χ2v) is 13.5. The molecule has 2 N–H and O–H groups in total. The number of nitrogens with one attached hydrogen (secondary N) is 1. The van der Waals surface area contributed by atoms with Gasteiger partial charge in [0, 0.05) is 32.1 Å². The van der Waals surface area contributed by atoms with Crippen LogP contribution < -0.4 is 4.90 Å². The predicted molar refractivity (Wildman–Crippen MR) is 163 cm³/mol. The fourth-order valence-electron chi connectivity index (χ4n) is 5.73. The van der Waals surface area contributed by atoms with Crippen molar-refractivity contribution in [2.75, 3.05) is 32.8 Å². The topological polar surface area (TPSA) is 77.3 Å². The van der Waals surface area contributed by atoms with Gasteiger partial charge in [0.1, 0.15) is 5.78 Å². The Balaban J connectivity index is 2.03. The van der Waals surface area contributed by atoms with Gasteiger partial charge in [-0.15, -0.1) is 0 Å². The van der Waals surface area contributed by atoms with Crippen LogP contribution in [0.2, 0.25) is 0 Å². The Morgan fingerprint density at radius 1 is 0.744 bits per heavy atom. The van der Waals surface area contributed by atoms with Crippen molar-refractivity contribution in [1.29, 1.82) is 0 Å². The summed E-state index contributed by atoms with van der Waals surface area (Å²) < 4.78 is 22.8. The first-order valence-electron chi connectivity index (χ1n) is 16.9. The molecule has 1 fully saturated rings. The third kappa shape index (κ3) is 23.0. The van der Waals surface area contributed by atoms with Crippen LogP contribution >= 0.6 is 7.82 Å². The lowest BCUT2D eigenvalue weighted by Gasteiger charge is -2.19. The van der Waals surface area contributed by atoms with Gasteiger partial charge in [0.15, 0.2) is 0 Å². The number of phosphoric ester groups is 1. The Labute approximate surface area is 242 Å². The Hall–Kier alpha value is -0.260. The van der Waals surface area contributed by atoms with Crippen molar-refractivity contribution in [1.82, 2.24) is 0 Å². The van der Waals surface area contributed by atoms with Crippen molar-refractivity contribution < 1.29 is 28.2 Å². The van der Waals surface area contributed by atoms with E-state index in [9.17, 15) is 14.3 Å². The maximum atomic E-state index is 12.3. The molecule has 39 heavy (non-hydrogen) atoms. The highest BCUT2D eigenvalue weighted by Crippen LogP contribution is 2.44. The van der Waals surface area contributed by atoms with Gasteiger partial charge in [-0.3, -0.25) is 13.8 Å². The monoisotopic (exact) mass is 574 g/mol. The summed E-state index contributed by atoms with van der Waals surface area (Å²) >= 11 is 0. The van der Waals surface area contributed by atoms with Gasteiger partial charge >= 0.3 is 7.82 Å². The van der Waals surface area contributed by atoms with Gasteiger partial charge in [0.2, 0.25) is 0 Å². The predicted octanol–water partition coefficient (Wildman–Crippen LogP) is 8.22. The van der Waals surface area contributed by atoms with E-state index in [1.165, 1.54) is 122 Å². The molecule has 0 aliphatic carbocycles. The van der Waals surface area contributed by atoms with E-state index in [-0.39, 0.29) is 24.9 Å². The van der Waals surface area contributed by atoms with Crippen molar-refractivity contribution in [2.24, 2.45) is 5.92 Å². The van der Waals surface area contributed by atoms with Crippen molar-refractivity contribution in [3.05, 3.63) is 0 Å². The van der Waals surface area contributed by atoms with E-state index < -0.39 is 7.82 Å². The lowest BCUT2D eigenvalue weighted by atomic mass is 9.95. The van der Waals surface area contributed by atoms with E-state index in [1.807, 2.05) is 6.92 Å². The largest absolute Gasteiger partial charge is 0.472 e. The maximum absolute atomic E-state index is 12.3. The summed E-state index contributed by atoms with van der Waals surface area (Å²) in [5.74, 6) is 0.185. The van der Waals surface area contributed by atoms with Crippen LogP contribution in [-0.4, -0.2) is 43.5 Å². The lowest BCUT2D eigenvalue weighted by Crippen LogP contribution is -3.10. The molecule has 0 bridgehead atoms.